The largest absolute Gasteiger partial charge is 0.276 e. The topological polar surface area (TPSA) is 22.0 Å². The minimum Gasteiger partial charge on any atom is -0.276 e. The molecule has 0 aliphatic carbocycles. The molecule has 45 heavy (non-hydrogen) atoms. The van der Waals surface area contributed by atoms with E-state index in [0.29, 0.717) is 5.39 Å². The van der Waals surface area contributed by atoms with E-state index >= 15 is 0 Å². The number of pyridine rings is 1. The molecule has 210 valence electrons. The van der Waals surface area contributed by atoms with Gasteiger partial charge >= 0.3 is 0 Å². The molecule has 9 rings (SSSR count). The monoisotopic (exact) mass is 573 g/mol. The number of rotatable bonds is 3. The summed E-state index contributed by atoms with van der Waals surface area (Å²) in [6, 6.07) is 57.3. The zero-order chi connectivity index (χ0) is 29.9. The second kappa shape index (κ2) is 10.0. The number of fused-ring (bicyclic) bond motifs is 9. The molecule has 1 aromatic heterocycles. The number of para-hydroxylation sites is 2. The second-order valence-corrected chi connectivity index (χ2v) is 11.7. The van der Waals surface area contributed by atoms with Gasteiger partial charge in [0, 0.05) is 16.5 Å². The normalized spacial score (nSPS) is 11.6. The van der Waals surface area contributed by atoms with Crippen molar-refractivity contribution in [3.8, 4) is 27.9 Å². The van der Waals surface area contributed by atoms with Gasteiger partial charge in [-0.1, -0.05) is 121 Å². The summed E-state index contributed by atoms with van der Waals surface area (Å²) in [4.78, 5) is 13.9. The average Bonchev–Trinajstić information content (AvgIpc) is 3.12. The van der Waals surface area contributed by atoms with Gasteiger partial charge in [-0.2, -0.15) is 0 Å². The highest BCUT2D eigenvalue weighted by Gasteiger charge is 2.14. The summed E-state index contributed by atoms with van der Waals surface area (Å²) in [5.74, 6) is 0. The fourth-order valence-corrected chi connectivity index (χ4v) is 7.06. The molecule has 0 saturated heterocycles. The van der Waals surface area contributed by atoms with E-state index in [-0.39, 0.29) is 5.56 Å². The van der Waals surface area contributed by atoms with Crippen molar-refractivity contribution >= 4 is 54.0 Å². The van der Waals surface area contributed by atoms with Crippen LogP contribution in [0.3, 0.4) is 0 Å². The standard InChI is InChI=1S/C43H27NO/c45-43-39-24-22-31(27-41(39)38-19-8-9-20-42(38)44(43)32-13-2-1-3-14-32)29-12-10-11-28(25-29)30-21-23-37-35-17-5-4-15-33(35)34-16-6-7-18-36(34)40(37)26-30/h1-27H. The van der Waals surface area contributed by atoms with Crippen molar-refractivity contribution in [3.05, 3.63) is 174 Å². The van der Waals surface area contributed by atoms with Crippen LogP contribution in [0.25, 0.3) is 81.9 Å². The maximum Gasteiger partial charge on any atom is 0.263 e. The van der Waals surface area contributed by atoms with Gasteiger partial charge in [0.05, 0.1) is 5.52 Å². The Balaban J connectivity index is 1.21. The Morgan fingerprint density at radius 3 is 1.38 bits per heavy atom. The molecule has 0 radical (unpaired) electrons. The van der Waals surface area contributed by atoms with Crippen molar-refractivity contribution in [3.63, 3.8) is 0 Å². The van der Waals surface area contributed by atoms with Gasteiger partial charge in [-0.15, -0.1) is 0 Å². The first-order valence-electron chi connectivity index (χ1n) is 15.3. The van der Waals surface area contributed by atoms with Crippen molar-refractivity contribution < 1.29 is 0 Å². The Bertz CT molecular complexity index is 2630. The summed E-state index contributed by atoms with van der Waals surface area (Å²) in [5, 5.41) is 10.4. The van der Waals surface area contributed by atoms with E-state index in [9.17, 15) is 4.79 Å². The Morgan fingerprint density at radius 2 is 0.756 bits per heavy atom. The van der Waals surface area contributed by atoms with E-state index in [4.69, 9.17) is 0 Å². The van der Waals surface area contributed by atoms with Crippen LogP contribution in [0.15, 0.2) is 169 Å². The first kappa shape index (κ1) is 25.5. The lowest BCUT2D eigenvalue weighted by atomic mass is 9.91. The molecule has 0 bridgehead atoms. The van der Waals surface area contributed by atoms with E-state index < -0.39 is 0 Å². The third kappa shape index (κ3) is 4.00. The highest BCUT2D eigenvalue weighted by Crippen LogP contribution is 2.38. The number of hydrogen-bond acceptors (Lipinski definition) is 1. The molecule has 0 fully saturated rings. The molecule has 0 amide bonds. The Labute approximate surface area is 260 Å². The van der Waals surface area contributed by atoms with Crippen LogP contribution >= 0.6 is 0 Å². The number of aromatic nitrogens is 1. The second-order valence-electron chi connectivity index (χ2n) is 11.7. The molecule has 0 spiro atoms. The van der Waals surface area contributed by atoms with Gasteiger partial charge in [0.15, 0.2) is 0 Å². The minimum absolute atomic E-state index is 0.00823. The number of nitrogens with zero attached hydrogens (tertiary/aromatic N) is 1. The lowest BCUT2D eigenvalue weighted by molar-refractivity contribution is 1.06. The predicted molar refractivity (Wildman–Crippen MR) is 190 cm³/mol. The molecular formula is C43H27NO. The van der Waals surface area contributed by atoms with Crippen LogP contribution in [0.1, 0.15) is 0 Å². The molecule has 0 saturated carbocycles. The van der Waals surface area contributed by atoms with Crippen molar-refractivity contribution in [2.75, 3.05) is 0 Å². The van der Waals surface area contributed by atoms with E-state index in [1.165, 1.54) is 37.9 Å². The lowest BCUT2D eigenvalue weighted by Crippen LogP contribution is -2.19. The molecule has 1 heterocycles. The number of benzene rings is 8. The van der Waals surface area contributed by atoms with Crippen molar-refractivity contribution in [2.24, 2.45) is 0 Å². The molecule has 0 aliphatic rings. The Morgan fingerprint density at radius 1 is 0.311 bits per heavy atom. The van der Waals surface area contributed by atoms with Gasteiger partial charge in [0.2, 0.25) is 0 Å². The Hall–Kier alpha value is -5.99. The molecule has 2 heteroatoms. The highest BCUT2D eigenvalue weighted by molar-refractivity contribution is 6.25. The zero-order valence-electron chi connectivity index (χ0n) is 24.4. The lowest BCUT2D eigenvalue weighted by Gasteiger charge is -2.15. The molecule has 0 aliphatic heterocycles. The molecule has 9 aromatic rings. The fraction of sp³-hybridized carbons (Fsp3) is 0. The van der Waals surface area contributed by atoms with Crippen molar-refractivity contribution in [1.29, 1.82) is 0 Å². The van der Waals surface area contributed by atoms with Gasteiger partial charge in [0.1, 0.15) is 0 Å². The molecule has 0 N–H and O–H groups in total. The summed E-state index contributed by atoms with van der Waals surface area (Å²) in [7, 11) is 0. The van der Waals surface area contributed by atoms with Crippen LogP contribution in [0.5, 0.6) is 0 Å². The van der Waals surface area contributed by atoms with Crippen LogP contribution in [0, 0.1) is 0 Å². The average molecular weight is 574 g/mol. The van der Waals surface area contributed by atoms with E-state index in [0.717, 1.165) is 38.7 Å². The molecular weight excluding hydrogens is 546 g/mol. The Kier molecular flexibility index (Phi) is 5.69. The zero-order valence-corrected chi connectivity index (χ0v) is 24.4. The first-order valence-corrected chi connectivity index (χ1v) is 15.3. The SMILES string of the molecule is O=c1c2ccc(-c3cccc(-c4ccc5c6ccccc6c6ccccc6c5c4)c3)cc2c2ccccc2n1-c1ccccc1. The number of hydrogen-bond donors (Lipinski definition) is 0. The van der Waals surface area contributed by atoms with E-state index in [2.05, 4.69) is 109 Å². The molecule has 2 nitrogen and oxygen atoms in total. The summed E-state index contributed by atoms with van der Waals surface area (Å²) >= 11 is 0. The van der Waals surface area contributed by atoms with E-state index in [1.807, 2.05) is 59.2 Å². The van der Waals surface area contributed by atoms with Gasteiger partial charge in [0.25, 0.3) is 5.56 Å². The van der Waals surface area contributed by atoms with Crippen LogP contribution in [0.2, 0.25) is 0 Å². The van der Waals surface area contributed by atoms with Gasteiger partial charge in [-0.25, -0.2) is 0 Å². The summed E-state index contributed by atoms with van der Waals surface area (Å²) in [5.41, 5.74) is 6.32. The highest BCUT2D eigenvalue weighted by atomic mass is 16.1. The maximum atomic E-state index is 13.9. The van der Waals surface area contributed by atoms with E-state index in [1.54, 1.807) is 0 Å². The van der Waals surface area contributed by atoms with Crippen molar-refractivity contribution in [1.82, 2.24) is 4.57 Å². The molecule has 8 aromatic carbocycles. The quantitative estimate of drug-likeness (QED) is 0.193. The summed E-state index contributed by atoms with van der Waals surface area (Å²) in [6.45, 7) is 0. The minimum atomic E-state index is -0.00823. The maximum absolute atomic E-state index is 13.9. The van der Waals surface area contributed by atoms with Gasteiger partial charge < -0.3 is 0 Å². The molecule has 0 unspecified atom stereocenters. The molecule has 0 atom stereocenters. The van der Waals surface area contributed by atoms with Crippen LogP contribution in [0.4, 0.5) is 0 Å². The summed E-state index contributed by atoms with van der Waals surface area (Å²) < 4.78 is 1.82. The smallest absolute Gasteiger partial charge is 0.263 e. The predicted octanol–water partition coefficient (Wildman–Crippen LogP) is 10.9. The summed E-state index contributed by atoms with van der Waals surface area (Å²) in [6.07, 6.45) is 0. The van der Waals surface area contributed by atoms with Gasteiger partial charge in [-0.3, -0.25) is 9.36 Å². The fourth-order valence-electron chi connectivity index (χ4n) is 7.06. The third-order valence-electron chi connectivity index (χ3n) is 9.18. The van der Waals surface area contributed by atoms with Crippen LogP contribution in [-0.4, -0.2) is 4.57 Å². The van der Waals surface area contributed by atoms with Crippen molar-refractivity contribution in [2.45, 2.75) is 0 Å². The van der Waals surface area contributed by atoms with Crippen LogP contribution in [-0.2, 0) is 0 Å². The van der Waals surface area contributed by atoms with Crippen LogP contribution < -0.4 is 5.56 Å². The first-order chi connectivity index (χ1) is 22.2. The van der Waals surface area contributed by atoms with Gasteiger partial charge in [-0.05, 0) is 102 Å². The third-order valence-corrected chi connectivity index (χ3v) is 9.18.